The van der Waals surface area contributed by atoms with Crippen molar-refractivity contribution in [2.45, 2.75) is 53.1 Å². The van der Waals surface area contributed by atoms with Gasteiger partial charge in [-0.05, 0) is 50.8 Å². The second kappa shape index (κ2) is 6.38. The van der Waals surface area contributed by atoms with Gasteiger partial charge in [0.15, 0.2) is 0 Å². The molecule has 0 aromatic carbocycles. The minimum atomic E-state index is 0.607. The quantitative estimate of drug-likeness (QED) is 0.902. The third kappa shape index (κ3) is 3.47. The number of anilines is 1. The predicted molar refractivity (Wildman–Crippen MR) is 81.6 cm³/mol. The number of aromatic nitrogens is 1. The summed E-state index contributed by atoms with van der Waals surface area (Å²) in [5, 5.41) is 3.37. The first-order valence-electron chi connectivity index (χ1n) is 7.55. The van der Waals surface area contributed by atoms with Crippen LogP contribution in [0.4, 0.5) is 5.82 Å². The average Bonchev–Trinajstić information content (AvgIpc) is 2.37. The molecule has 1 fully saturated rings. The number of pyridine rings is 1. The van der Waals surface area contributed by atoms with Crippen molar-refractivity contribution in [3.63, 3.8) is 0 Å². The maximum Gasteiger partial charge on any atom is 0.129 e. The highest BCUT2D eigenvalue weighted by Gasteiger charge is 2.23. The molecule has 1 aromatic heterocycles. The minimum absolute atomic E-state index is 0.607. The van der Waals surface area contributed by atoms with Gasteiger partial charge in [-0.2, -0.15) is 0 Å². The maximum atomic E-state index is 4.81. The summed E-state index contributed by atoms with van der Waals surface area (Å²) in [6.07, 6.45) is 2.56. The second-order valence-electron chi connectivity index (χ2n) is 5.87. The molecule has 2 heterocycles. The molecule has 106 valence electrons. The van der Waals surface area contributed by atoms with Crippen LogP contribution in [0.15, 0.2) is 12.1 Å². The summed E-state index contributed by atoms with van der Waals surface area (Å²) in [7, 11) is 0. The highest BCUT2D eigenvalue weighted by molar-refractivity contribution is 5.43. The van der Waals surface area contributed by atoms with Crippen molar-refractivity contribution in [1.29, 1.82) is 0 Å². The van der Waals surface area contributed by atoms with Crippen molar-refractivity contribution < 1.29 is 0 Å². The monoisotopic (exact) mass is 261 g/mol. The normalized spacial score (nSPS) is 23.7. The smallest absolute Gasteiger partial charge is 0.129 e. The largest absolute Gasteiger partial charge is 0.354 e. The topological polar surface area (TPSA) is 28.2 Å². The van der Waals surface area contributed by atoms with E-state index in [4.69, 9.17) is 4.98 Å². The van der Waals surface area contributed by atoms with Gasteiger partial charge in [0.2, 0.25) is 0 Å². The van der Waals surface area contributed by atoms with Crippen LogP contribution < -0.4 is 10.2 Å². The van der Waals surface area contributed by atoms with Gasteiger partial charge in [0, 0.05) is 24.8 Å². The summed E-state index contributed by atoms with van der Waals surface area (Å²) in [4.78, 5) is 7.27. The molecule has 19 heavy (non-hydrogen) atoms. The zero-order valence-corrected chi connectivity index (χ0v) is 12.7. The Balaban J connectivity index is 2.10. The lowest BCUT2D eigenvalue weighted by atomic mass is 9.93. The lowest BCUT2D eigenvalue weighted by Crippen LogP contribution is -2.40. The van der Waals surface area contributed by atoms with E-state index in [9.17, 15) is 0 Å². The van der Waals surface area contributed by atoms with E-state index in [0.717, 1.165) is 37.1 Å². The SMILES string of the molecule is CCNCc1ccc(N2CCC(C)CC2C)nc1C. The number of hydrogen-bond acceptors (Lipinski definition) is 3. The lowest BCUT2D eigenvalue weighted by molar-refractivity contribution is 0.376. The van der Waals surface area contributed by atoms with Gasteiger partial charge in [-0.1, -0.05) is 19.9 Å². The number of rotatable bonds is 4. The van der Waals surface area contributed by atoms with Crippen molar-refractivity contribution in [3.05, 3.63) is 23.4 Å². The van der Waals surface area contributed by atoms with Gasteiger partial charge >= 0.3 is 0 Å². The molecule has 0 radical (unpaired) electrons. The van der Waals surface area contributed by atoms with Crippen LogP contribution in [0.1, 0.15) is 44.9 Å². The van der Waals surface area contributed by atoms with Crippen LogP contribution in [0.5, 0.6) is 0 Å². The summed E-state index contributed by atoms with van der Waals surface area (Å²) in [5.74, 6) is 2.00. The molecule has 3 nitrogen and oxygen atoms in total. The first kappa shape index (κ1) is 14.3. The molecule has 0 spiro atoms. The minimum Gasteiger partial charge on any atom is -0.354 e. The van der Waals surface area contributed by atoms with E-state index in [1.165, 1.54) is 18.4 Å². The Morgan fingerprint density at radius 2 is 2.16 bits per heavy atom. The molecule has 1 aliphatic rings. The Morgan fingerprint density at radius 1 is 1.37 bits per heavy atom. The van der Waals surface area contributed by atoms with Crippen LogP contribution in [0, 0.1) is 12.8 Å². The first-order valence-corrected chi connectivity index (χ1v) is 7.55. The van der Waals surface area contributed by atoms with Crippen LogP contribution >= 0.6 is 0 Å². The van der Waals surface area contributed by atoms with Gasteiger partial charge in [0.25, 0.3) is 0 Å². The van der Waals surface area contributed by atoms with Gasteiger partial charge in [-0.25, -0.2) is 4.98 Å². The van der Waals surface area contributed by atoms with Crippen molar-refractivity contribution in [3.8, 4) is 0 Å². The zero-order valence-electron chi connectivity index (χ0n) is 12.7. The molecular formula is C16H27N3. The molecule has 0 bridgehead atoms. The van der Waals surface area contributed by atoms with Crippen molar-refractivity contribution in [1.82, 2.24) is 10.3 Å². The molecule has 1 saturated heterocycles. The fourth-order valence-corrected chi connectivity index (χ4v) is 2.93. The van der Waals surface area contributed by atoms with Crippen LogP contribution in [-0.2, 0) is 6.54 Å². The number of nitrogens with zero attached hydrogens (tertiary/aromatic N) is 2. The zero-order chi connectivity index (χ0) is 13.8. The standard InChI is InChI=1S/C16H27N3/c1-5-17-11-15-6-7-16(18-14(15)4)19-9-8-12(2)10-13(19)3/h6-7,12-13,17H,5,8-11H2,1-4H3. The predicted octanol–water partition coefficient (Wildman–Crippen LogP) is 3.12. The Hall–Kier alpha value is -1.09. The number of aryl methyl sites for hydroxylation is 1. The molecule has 2 unspecified atom stereocenters. The Labute approximate surface area is 117 Å². The molecular weight excluding hydrogens is 234 g/mol. The molecule has 0 amide bonds. The van der Waals surface area contributed by atoms with E-state index in [1.54, 1.807) is 0 Å². The fraction of sp³-hybridized carbons (Fsp3) is 0.688. The number of nitrogens with one attached hydrogen (secondary N) is 1. The van der Waals surface area contributed by atoms with E-state index in [0.29, 0.717) is 6.04 Å². The number of hydrogen-bond donors (Lipinski definition) is 1. The van der Waals surface area contributed by atoms with Gasteiger partial charge in [0.1, 0.15) is 5.82 Å². The molecule has 0 aliphatic carbocycles. The Bertz CT molecular complexity index is 416. The lowest BCUT2D eigenvalue weighted by Gasteiger charge is -2.37. The Morgan fingerprint density at radius 3 is 2.79 bits per heavy atom. The third-order valence-corrected chi connectivity index (χ3v) is 4.18. The molecule has 3 heteroatoms. The molecule has 1 aliphatic heterocycles. The van der Waals surface area contributed by atoms with Crippen molar-refractivity contribution in [2.24, 2.45) is 5.92 Å². The Kier molecular flexibility index (Phi) is 4.81. The molecule has 1 aromatic rings. The summed E-state index contributed by atoms with van der Waals surface area (Å²) in [5.41, 5.74) is 2.47. The first-order chi connectivity index (χ1) is 9.11. The van der Waals surface area contributed by atoms with Crippen LogP contribution in [-0.4, -0.2) is 24.1 Å². The van der Waals surface area contributed by atoms with E-state index >= 15 is 0 Å². The highest BCUT2D eigenvalue weighted by atomic mass is 15.2. The van der Waals surface area contributed by atoms with Crippen molar-refractivity contribution in [2.75, 3.05) is 18.0 Å². The van der Waals surface area contributed by atoms with Gasteiger partial charge in [-0.15, -0.1) is 0 Å². The summed E-state index contributed by atoms with van der Waals surface area (Å²) < 4.78 is 0. The molecule has 2 rings (SSSR count). The van der Waals surface area contributed by atoms with Gasteiger partial charge in [-0.3, -0.25) is 0 Å². The van der Waals surface area contributed by atoms with Gasteiger partial charge < -0.3 is 10.2 Å². The van der Waals surface area contributed by atoms with E-state index in [2.05, 4.69) is 50.0 Å². The van der Waals surface area contributed by atoms with Gasteiger partial charge in [0.05, 0.1) is 0 Å². The summed E-state index contributed by atoms with van der Waals surface area (Å²) >= 11 is 0. The van der Waals surface area contributed by atoms with E-state index < -0.39 is 0 Å². The summed E-state index contributed by atoms with van der Waals surface area (Å²) in [6, 6.07) is 5.02. The van der Waals surface area contributed by atoms with Crippen LogP contribution in [0.2, 0.25) is 0 Å². The highest BCUT2D eigenvalue weighted by Crippen LogP contribution is 2.27. The molecule has 2 atom stereocenters. The summed E-state index contributed by atoms with van der Waals surface area (Å²) in [6.45, 7) is 12.0. The third-order valence-electron chi connectivity index (χ3n) is 4.18. The fourth-order valence-electron chi connectivity index (χ4n) is 2.93. The second-order valence-corrected chi connectivity index (χ2v) is 5.87. The average molecular weight is 261 g/mol. The maximum absolute atomic E-state index is 4.81. The molecule has 1 N–H and O–H groups in total. The van der Waals surface area contributed by atoms with Crippen LogP contribution in [0.25, 0.3) is 0 Å². The van der Waals surface area contributed by atoms with E-state index in [1.807, 2.05) is 0 Å². The van der Waals surface area contributed by atoms with Crippen LogP contribution in [0.3, 0.4) is 0 Å². The molecule has 0 saturated carbocycles. The van der Waals surface area contributed by atoms with E-state index in [-0.39, 0.29) is 0 Å². The number of piperidine rings is 1. The van der Waals surface area contributed by atoms with Crippen molar-refractivity contribution >= 4 is 5.82 Å².